The summed E-state index contributed by atoms with van der Waals surface area (Å²) in [5.74, 6) is -1.09. The number of hydrogen-bond acceptors (Lipinski definition) is 10. The van der Waals surface area contributed by atoms with Gasteiger partial charge in [-0.05, 0) is 71.7 Å². The highest BCUT2D eigenvalue weighted by Crippen LogP contribution is 2.39. The number of hydrogen-bond donors (Lipinski definition) is 6. The first-order valence-electron chi connectivity index (χ1n) is 14.7. The van der Waals surface area contributed by atoms with Gasteiger partial charge in [0.25, 0.3) is 15.9 Å². The van der Waals surface area contributed by atoms with Crippen molar-refractivity contribution in [3.63, 3.8) is 0 Å². The summed E-state index contributed by atoms with van der Waals surface area (Å²) in [5.41, 5.74) is 14.7. The largest absolute Gasteiger partial charge is 0.492 e. The molecule has 0 saturated heterocycles. The average Bonchev–Trinajstić information content (AvgIpc) is 3.79. The number of carbonyl (C=O) groups is 2. The molecule has 1 amide bonds. The number of anilines is 1. The molecule has 14 nitrogen and oxygen atoms in total. The van der Waals surface area contributed by atoms with Crippen molar-refractivity contribution in [2.75, 3.05) is 17.9 Å². The fourth-order valence-electron chi connectivity index (χ4n) is 5.09. The summed E-state index contributed by atoms with van der Waals surface area (Å²) in [6.45, 7) is 3.45. The first-order valence-corrected chi connectivity index (χ1v) is 17.1. The molecule has 0 saturated carbocycles. The van der Waals surface area contributed by atoms with E-state index in [-0.39, 0.29) is 40.1 Å². The fraction of sp³-hybridized carbons (Fsp3) is 0.290. The van der Waals surface area contributed by atoms with Gasteiger partial charge >= 0.3 is 5.97 Å². The van der Waals surface area contributed by atoms with E-state index in [1.54, 1.807) is 11.4 Å². The Morgan fingerprint density at radius 2 is 1.96 bits per heavy atom. The Morgan fingerprint density at radius 1 is 1.13 bits per heavy atom. The SMILES string of the molecule is Cc1cc(CNCc2cccc(-c3cc4c(c(S(=O)(=O)Nc5ccsc5C(=O)N[C@@H](CCCN=C(N)N)C(=O)O)c3)OCC4)c2)no1. The number of fused-ring (bicyclic) bond motifs is 1. The van der Waals surface area contributed by atoms with Crippen LogP contribution in [-0.2, 0) is 34.3 Å². The molecule has 47 heavy (non-hydrogen) atoms. The molecule has 0 spiro atoms. The molecule has 2 aromatic heterocycles. The van der Waals surface area contributed by atoms with E-state index < -0.39 is 27.9 Å². The predicted molar refractivity (Wildman–Crippen MR) is 177 cm³/mol. The van der Waals surface area contributed by atoms with Crippen LogP contribution in [0.1, 0.15) is 45.1 Å². The monoisotopic (exact) mass is 681 g/mol. The van der Waals surface area contributed by atoms with E-state index in [0.29, 0.717) is 38.1 Å². The van der Waals surface area contributed by atoms with Gasteiger partial charge in [-0.1, -0.05) is 23.4 Å². The molecule has 0 aliphatic carbocycles. The van der Waals surface area contributed by atoms with Crippen LogP contribution in [0, 0.1) is 6.92 Å². The van der Waals surface area contributed by atoms with Gasteiger partial charge in [-0.2, -0.15) is 0 Å². The third-order valence-corrected chi connectivity index (χ3v) is 9.56. The van der Waals surface area contributed by atoms with Crippen molar-refractivity contribution in [3.8, 4) is 16.9 Å². The maximum absolute atomic E-state index is 13.9. The highest BCUT2D eigenvalue weighted by atomic mass is 32.2. The van der Waals surface area contributed by atoms with Crippen molar-refractivity contribution in [3.05, 3.63) is 81.4 Å². The van der Waals surface area contributed by atoms with Gasteiger partial charge in [0, 0.05) is 32.1 Å². The van der Waals surface area contributed by atoms with E-state index in [4.69, 9.17) is 20.7 Å². The van der Waals surface area contributed by atoms with Gasteiger partial charge in [0.15, 0.2) is 5.96 Å². The third-order valence-electron chi connectivity index (χ3n) is 7.28. The second-order valence-electron chi connectivity index (χ2n) is 10.9. The average molecular weight is 682 g/mol. The summed E-state index contributed by atoms with van der Waals surface area (Å²) in [6, 6.07) is 13.3. The smallest absolute Gasteiger partial charge is 0.326 e. The number of aliphatic imine (C=N–C) groups is 1. The first-order chi connectivity index (χ1) is 22.5. The number of benzene rings is 2. The maximum atomic E-state index is 13.9. The zero-order valence-corrected chi connectivity index (χ0v) is 27.1. The van der Waals surface area contributed by atoms with Crippen LogP contribution in [0.25, 0.3) is 11.1 Å². The number of sulfonamides is 1. The highest BCUT2D eigenvalue weighted by Gasteiger charge is 2.29. The number of nitrogens with one attached hydrogen (secondary N) is 3. The molecule has 1 atom stereocenters. The number of amides is 1. The summed E-state index contributed by atoms with van der Waals surface area (Å²) < 4.78 is 41.1. The van der Waals surface area contributed by atoms with Crippen LogP contribution in [0.4, 0.5) is 5.69 Å². The third kappa shape index (κ3) is 8.46. The molecular formula is C31H35N7O7S2. The summed E-state index contributed by atoms with van der Waals surface area (Å²) in [6.07, 6.45) is 0.914. The van der Waals surface area contributed by atoms with Gasteiger partial charge in [-0.15, -0.1) is 11.3 Å². The van der Waals surface area contributed by atoms with Crippen molar-refractivity contribution < 1.29 is 32.4 Å². The van der Waals surface area contributed by atoms with Crippen LogP contribution in [0.15, 0.2) is 68.3 Å². The van der Waals surface area contributed by atoms with Crippen LogP contribution in [0.3, 0.4) is 0 Å². The van der Waals surface area contributed by atoms with Crippen molar-refractivity contribution in [2.45, 2.75) is 50.2 Å². The van der Waals surface area contributed by atoms with Gasteiger partial charge < -0.3 is 36.5 Å². The molecule has 1 aliphatic rings. The topological polar surface area (TPSA) is 224 Å². The number of guanidine groups is 1. The summed E-state index contributed by atoms with van der Waals surface area (Å²) >= 11 is 0.980. The number of ether oxygens (including phenoxy) is 1. The Hall–Kier alpha value is -4.93. The van der Waals surface area contributed by atoms with Crippen molar-refractivity contribution >= 4 is 44.9 Å². The number of aliphatic carboxylic acids is 1. The molecule has 3 heterocycles. The zero-order chi connectivity index (χ0) is 33.6. The standard InChI is InChI=1S/C31H35N7O7S2/c1-18-12-23(37-45-18)17-34-16-19-4-2-5-20(13-19)22-14-21-7-10-44-27(21)26(15-22)47(42,43)38-24-8-11-46-28(24)29(39)36-25(30(40)41)6-3-9-35-31(32)33/h2,4-5,8,11-15,25,34,38H,3,6-7,9-10,16-17H2,1H3,(H,36,39)(H,40,41)(H4,32,33,35)/t25-/m0/s1. The number of nitrogens with zero attached hydrogens (tertiary/aromatic N) is 2. The van der Waals surface area contributed by atoms with E-state index in [2.05, 4.69) is 25.5 Å². The number of carboxylic acid groups (broad SMARTS) is 1. The number of aryl methyl sites for hydroxylation is 1. The molecule has 248 valence electrons. The van der Waals surface area contributed by atoms with Gasteiger partial charge in [0.2, 0.25) is 0 Å². The minimum absolute atomic E-state index is 0.0127. The lowest BCUT2D eigenvalue weighted by atomic mass is 10.00. The lowest BCUT2D eigenvalue weighted by Crippen LogP contribution is -2.40. The molecule has 4 aromatic rings. The number of carboxylic acids is 1. The van der Waals surface area contributed by atoms with E-state index in [0.717, 1.165) is 39.5 Å². The molecule has 8 N–H and O–H groups in total. The van der Waals surface area contributed by atoms with E-state index in [1.807, 2.05) is 43.3 Å². The van der Waals surface area contributed by atoms with Crippen LogP contribution < -0.4 is 31.6 Å². The zero-order valence-electron chi connectivity index (χ0n) is 25.5. The molecule has 0 fully saturated rings. The minimum atomic E-state index is -4.25. The number of thiophene rings is 1. The Morgan fingerprint density at radius 3 is 2.70 bits per heavy atom. The second kappa shape index (κ2) is 14.7. The summed E-state index contributed by atoms with van der Waals surface area (Å²) in [5, 5.41) is 20.9. The van der Waals surface area contributed by atoms with Crippen molar-refractivity contribution in [1.82, 2.24) is 15.8 Å². The van der Waals surface area contributed by atoms with Gasteiger partial charge in [-0.3, -0.25) is 14.5 Å². The van der Waals surface area contributed by atoms with Crippen LogP contribution in [0.5, 0.6) is 5.75 Å². The van der Waals surface area contributed by atoms with Gasteiger partial charge in [0.05, 0.1) is 18.0 Å². The predicted octanol–water partition coefficient (Wildman–Crippen LogP) is 2.97. The quantitative estimate of drug-likeness (QED) is 0.0608. The highest BCUT2D eigenvalue weighted by molar-refractivity contribution is 7.92. The lowest BCUT2D eigenvalue weighted by Gasteiger charge is -2.16. The number of rotatable bonds is 15. The molecular weight excluding hydrogens is 647 g/mol. The molecule has 0 radical (unpaired) electrons. The fourth-order valence-corrected chi connectivity index (χ4v) is 7.19. The van der Waals surface area contributed by atoms with Crippen molar-refractivity contribution in [1.29, 1.82) is 0 Å². The van der Waals surface area contributed by atoms with Crippen molar-refractivity contribution in [2.24, 2.45) is 16.5 Å². The van der Waals surface area contributed by atoms with Crippen LogP contribution in [-0.4, -0.2) is 55.7 Å². The van der Waals surface area contributed by atoms with Gasteiger partial charge in [-0.25, -0.2) is 13.2 Å². The molecule has 0 bridgehead atoms. The normalized spacial score (nSPS) is 13.0. The molecule has 0 unspecified atom stereocenters. The van der Waals surface area contributed by atoms with Gasteiger partial charge in [0.1, 0.15) is 27.3 Å². The Bertz CT molecular complexity index is 1900. The molecule has 2 aromatic carbocycles. The Labute approximate surface area is 275 Å². The summed E-state index contributed by atoms with van der Waals surface area (Å²) in [4.78, 5) is 28.7. The maximum Gasteiger partial charge on any atom is 0.326 e. The Kier molecular flexibility index (Phi) is 10.4. The number of carbonyl (C=O) groups excluding carboxylic acids is 1. The number of aromatic nitrogens is 1. The number of nitrogens with two attached hydrogens (primary N) is 2. The van der Waals surface area contributed by atoms with Crippen LogP contribution >= 0.6 is 11.3 Å². The molecule has 5 rings (SSSR count). The van der Waals surface area contributed by atoms with E-state index >= 15 is 0 Å². The van der Waals surface area contributed by atoms with E-state index in [1.165, 1.54) is 6.07 Å². The summed E-state index contributed by atoms with van der Waals surface area (Å²) in [7, 11) is -4.25. The lowest BCUT2D eigenvalue weighted by molar-refractivity contribution is -0.139. The van der Waals surface area contributed by atoms with E-state index in [9.17, 15) is 23.1 Å². The van der Waals surface area contributed by atoms with Crippen LogP contribution in [0.2, 0.25) is 0 Å². The molecule has 1 aliphatic heterocycles. The second-order valence-corrected chi connectivity index (χ2v) is 13.4. The minimum Gasteiger partial charge on any atom is -0.492 e. The first kappa shape index (κ1) is 33.4. The Balaban J connectivity index is 1.33. The molecule has 16 heteroatoms.